The van der Waals surface area contributed by atoms with Crippen molar-refractivity contribution >= 4 is 81.0 Å². The van der Waals surface area contributed by atoms with Gasteiger partial charge in [0.1, 0.15) is 0 Å². The molecule has 0 saturated heterocycles. The van der Waals surface area contributed by atoms with Crippen molar-refractivity contribution in [2.45, 2.75) is 0 Å². The highest BCUT2D eigenvalue weighted by Crippen LogP contribution is 2.55. The van der Waals surface area contributed by atoms with E-state index in [2.05, 4.69) is 240 Å². The van der Waals surface area contributed by atoms with Crippen LogP contribution in [-0.4, -0.2) is 27.8 Å². The molecule has 0 spiro atoms. The zero-order chi connectivity index (χ0) is 41.1. The Kier molecular flexibility index (Phi) is 7.59. The zero-order valence-electron chi connectivity index (χ0n) is 34.6. The number of anilines is 8. The van der Waals surface area contributed by atoms with Crippen LogP contribution in [0.3, 0.4) is 0 Å². The molecule has 0 amide bonds. The molecule has 0 fully saturated rings. The molecule has 0 aromatic heterocycles. The van der Waals surface area contributed by atoms with E-state index in [-0.39, 0.29) is 13.7 Å². The molecule has 6 heteroatoms. The molecule has 0 atom stereocenters. The number of hydrogen-bond acceptors (Lipinski definition) is 4. The summed E-state index contributed by atoms with van der Waals surface area (Å²) >= 11 is 0. The predicted molar refractivity (Wildman–Crippen MR) is 264 cm³/mol. The average Bonchev–Trinajstić information content (AvgIpc) is 3.34. The van der Waals surface area contributed by atoms with Gasteiger partial charge in [0.2, 0.25) is 0 Å². The highest BCUT2D eigenvalue weighted by atomic mass is 15.2. The van der Waals surface area contributed by atoms with Gasteiger partial charge in [0.05, 0.1) is 11.4 Å². The number of benzene rings is 9. The fourth-order valence-electron chi connectivity index (χ4n) is 11.2. The van der Waals surface area contributed by atoms with E-state index in [1.807, 2.05) is 0 Å². The minimum Gasteiger partial charge on any atom is -0.376 e. The topological polar surface area (TPSA) is 13.0 Å². The van der Waals surface area contributed by atoms with Crippen LogP contribution < -0.4 is 41.3 Å². The molecule has 0 saturated carbocycles. The summed E-state index contributed by atoms with van der Waals surface area (Å²) in [5, 5.41) is 0. The molecule has 290 valence electrons. The maximum Gasteiger partial charge on any atom is 0.333 e. The normalized spacial score (nSPS) is 13.8. The smallest absolute Gasteiger partial charge is 0.333 e. The monoisotopic (exact) mass is 790 g/mol. The van der Waals surface area contributed by atoms with Gasteiger partial charge in [-0.2, -0.15) is 0 Å². The molecule has 4 nitrogen and oxygen atoms in total. The maximum absolute atomic E-state index is 2.61. The summed E-state index contributed by atoms with van der Waals surface area (Å²) < 4.78 is 0. The van der Waals surface area contributed by atoms with Gasteiger partial charge in [-0.3, -0.25) is 0 Å². The van der Waals surface area contributed by atoms with Crippen LogP contribution in [-0.2, 0) is 0 Å². The lowest BCUT2D eigenvalue weighted by Crippen LogP contribution is -2.66. The number of fused-ring (bicyclic) bond motifs is 10. The van der Waals surface area contributed by atoms with E-state index in [1.54, 1.807) is 0 Å². The Hall–Kier alpha value is -7.69. The van der Waals surface area contributed by atoms with E-state index in [1.165, 1.54) is 112 Å². The second kappa shape index (κ2) is 13.4. The van der Waals surface area contributed by atoms with Crippen molar-refractivity contribution in [1.29, 1.82) is 0 Å². The van der Waals surface area contributed by atoms with Crippen LogP contribution in [0.15, 0.2) is 206 Å². The molecule has 4 aliphatic heterocycles. The zero-order valence-corrected chi connectivity index (χ0v) is 34.6. The van der Waals surface area contributed by atoms with Crippen molar-refractivity contribution in [3.05, 3.63) is 206 Å². The Balaban J connectivity index is 1.20. The lowest BCUT2D eigenvalue weighted by Gasteiger charge is -2.51. The summed E-state index contributed by atoms with van der Waals surface area (Å²) in [4.78, 5) is 10.3. The van der Waals surface area contributed by atoms with Crippen LogP contribution in [0.5, 0.6) is 0 Å². The first-order valence-electron chi connectivity index (χ1n) is 21.6. The molecule has 0 unspecified atom stereocenters. The van der Waals surface area contributed by atoms with Crippen LogP contribution in [0.2, 0.25) is 0 Å². The van der Waals surface area contributed by atoms with E-state index in [0.717, 1.165) is 0 Å². The van der Waals surface area contributed by atoms with Crippen LogP contribution in [0, 0.1) is 0 Å². The molecule has 0 N–H and O–H groups in total. The summed E-state index contributed by atoms with van der Waals surface area (Å²) in [5.41, 5.74) is 25.1. The molecular weight excluding hydrogens is 750 g/mol. The summed E-state index contributed by atoms with van der Waals surface area (Å²) in [7, 11) is 4.61. The van der Waals surface area contributed by atoms with Gasteiger partial charge < -0.3 is 19.4 Å². The standard InChI is InChI=1S/C56H40B2N4/c1-59-49-35-39(37-19-7-3-8-20-37)31-33-45(49)57-53-51(43-27-15-17-29-47(43)61(57)41-23-11-5-12-24-41)52-44-28-16-18-30-48(44)62(42-25-13-6-14-26-42)58-46-34-32-40(38-21-9-4-10-22-38)36-50(46)60(2)56(54(52)58)55(53)59/h3-36H,1-2H3. The van der Waals surface area contributed by atoms with Crippen molar-refractivity contribution in [3.8, 4) is 44.5 Å². The van der Waals surface area contributed by atoms with Gasteiger partial charge in [-0.25, -0.2) is 0 Å². The molecule has 4 heterocycles. The second-order valence-corrected chi connectivity index (χ2v) is 16.9. The highest BCUT2D eigenvalue weighted by molar-refractivity contribution is 6.97. The fourth-order valence-corrected chi connectivity index (χ4v) is 11.2. The Morgan fingerprint density at radius 1 is 0.323 bits per heavy atom. The van der Waals surface area contributed by atoms with E-state index in [9.17, 15) is 0 Å². The van der Waals surface area contributed by atoms with Gasteiger partial charge in [-0.15, -0.1) is 0 Å². The largest absolute Gasteiger partial charge is 0.376 e. The number of para-hydroxylation sites is 4. The second-order valence-electron chi connectivity index (χ2n) is 16.9. The first-order valence-corrected chi connectivity index (χ1v) is 21.6. The third-order valence-electron chi connectivity index (χ3n) is 13.8. The third-order valence-corrected chi connectivity index (χ3v) is 13.8. The molecule has 0 radical (unpaired) electrons. The van der Waals surface area contributed by atoms with E-state index >= 15 is 0 Å². The lowest BCUT2D eigenvalue weighted by atomic mass is 9.38. The molecule has 9 aromatic rings. The van der Waals surface area contributed by atoms with Crippen LogP contribution >= 0.6 is 0 Å². The van der Waals surface area contributed by atoms with Gasteiger partial charge in [-0.05, 0) is 104 Å². The molecule has 0 aliphatic carbocycles. The number of hydrogen-bond donors (Lipinski definition) is 0. The summed E-state index contributed by atoms with van der Waals surface area (Å²) in [6.07, 6.45) is 0. The average molecular weight is 791 g/mol. The first kappa shape index (κ1) is 35.1. The summed E-state index contributed by atoms with van der Waals surface area (Å²) in [6.45, 7) is -0.198. The molecule has 62 heavy (non-hydrogen) atoms. The number of nitrogens with zero attached hydrogens (tertiary/aromatic N) is 4. The fraction of sp³-hybridized carbons (Fsp3) is 0.0357. The van der Waals surface area contributed by atoms with Gasteiger partial charge in [-0.1, -0.05) is 158 Å². The lowest BCUT2D eigenvalue weighted by molar-refractivity contribution is 1.15. The van der Waals surface area contributed by atoms with Gasteiger partial charge >= 0.3 is 13.7 Å². The maximum atomic E-state index is 2.61. The van der Waals surface area contributed by atoms with Gasteiger partial charge in [0.15, 0.2) is 0 Å². The van der Waals surface area contributed by atoms with Crippen LogP contribution in [0.4, 0.5) is 45.5 Å². The van der Waals surface area contributed by atoms with Crippen LogP contribution in [0.1, 0.15) is 0 Å². The first-order chi connectivity index (χ1) is 30.7. The highest BCUT2D eigenvalue weighted by Gasteiger charge is 2.52. The minimum atomic E-state index is -0.0990. The van der Waals surface area contributed by atoms with Crippen molar-refractivity contribution in [2.75, 3.05) is 33.5 Å². The van der Waals surface area contributed by atoms with Crippen molar-refractivity contribution in [2.24, 2.45) is 0 Å². The van der Waals surface area contributed by atoms with Crippen LogP contribution in [0.25, 0.3) is 44.5 Å². The molecule has 9 aromatic carbocycles. The summed E-state index contributed by atoms with van der Waals surface area (Å²) in [5.74, 6) is 0. The predicted octanol–water partition coefficient (Wildman–Crippen LogP) is 11.0. The van der Waals surface area contributed by atoms with E-state index in [0.29, 0.717) is 0 Å². The summed E-state index contributed by atoms with van der Waals surface area (Å²) in [6, 6.07) is 76.3. The molecule has 0 bridgehead atoms. The quantitative estimate of drug-likeness (QED) is 0.165. The van der Waals surface area contributed by atoms with E-state index in [4.69, 9.17) is 0 Å². The molecular formula is C56H40B2N4. The Bertz CT molecular complexity index is 3030. The Labute approximate surface area is 363 Å². The van der Waals surface area contributed by atoms with Crippen molar-refractivity contribution in [3.63, 3.8) is 0 Å². The minimum absolute atomic E-state index is 0.0990. The third kappa shape index (κ3) is 4.86. The van der Waals surface area contributed by atoms with Gasteiger partial charge in [0, 0.05) is 59.3 Å². The number of rotatable bonds is 4. The van der Waals surface area contributed by atoms with Crippen molar-refractivity contribution in [1.82, 2.24) is 0 Å². The van der Waals surface area contributed by atoms with Gasteiger partial charge in [0.25, 0.3) is 0 Å². The Morgan fingerprint density at radius 2 is 0.677 bits per heavy atom. The van der Waals surface area contributed by atoms with Crippen molar-refractivity contribution < 1.29 is 0 Å². The van der Waals surface area contributed by atoms with E-state index < -0.39 is 0 Å². The molecule has 4 aliphatic rings. The Morgan fingerprint density at radius 3 is 1.08 bits per heavy atom. The molecule has 13 rings (SSSR count). The SMILES string of the molecule is CN1c2cc(-c3ccccc3)ccc2B2c3c(c4c5c(c31)N(C)c1cc(-c3ccccc3)ccc1B5N(c1ccccc1)c1ccccc1-4)-c1ccccc1N2c1ccccc1.